The van der Waals surface area contributed by atoms with Gasteiger partial charge in [-0.05, 0) is 61.7 Å². The third-order valence-electron chi connectivity index (χ3n) is 6.51. The number of aryl methyl sites for hydroxylation is 1. The summed E-state index contributed by atoms with van der Waals surface area (Å²) in [5.74, 6) is 0.0738. The molecule has 1 saturated heterocycles. The van der Waals surface area contributed by atoms with Crippen LogP contribution in [0, 0.1) is 5.92 Å². The van der Waals surface area contributed by atoms with Crippen LogP contribution >= 0.6 is 11.6 Å². The van der Waals surface area contributed by atoms with E-state index < -0.39 is 0 Å². The Bertz CT molecular complexity index is 1410. The van der Waals surface area contributed by atoms with Crippen LogP contribution in [0.15, 0.2) is 65.7 Å². The Balaban J connectivity index is 1.26. The van der Waals surface area contributed by atoms with Crippen LogP contribution in [0.4, 0.5) is 0 Å². The van der Waals surface area contributed by atoms with Crippen molar-refractivity contribution < 1.29 is 4.79 Å². The number of rotatable bonds is 6. The Hall–Kier alpha value is -3.49. The summed E-state index contributed by atoms with van der Waals surface area (Å²) in [5.41, 5.74) is 2.43. The maximum atomic E-state index is 13.1. The van der Waals surface area contributed by atoms with E-state index in [-0.39, 0.29) is 17.2 Å². The number of para-hydroxylation sites is 1. The molecular weight excluding hydrogens is 464 g/mol. The molecule has 5 rings (SSSR count). The largest absolute Gasteiger partial charge is 0.350 e. The van der Waals surface area contributed by atoms with Gasteiger partial charge in [0.2, 0.25) is 0 Å². The normalized spacial score (nSPS) is 14.9. The zero-order valence-corrected chi connectivity index (χ0v) is 20.3. The maximum Gasteiger partial charge on any atom is 0.279 e. The van der Waals surface area contributed by atoms with E-state index in [4.69, 9.17) is 11.6 Å². The molecule has 2 aromatic heterocycles. The predicted molar refractivity (Wildman–Crippen MR) is 136 cm³/mol. The Morgan fingerprint density at radius 2 is 1.89 bits per heavy atom. The molecule has 0 spiro atoms. The second-order valence-electron chi connectivity index (χ2n) is 9.01. The minimum Gasteiger partial charge on any atom is -0.350 e. The number of carbonyl (C=O) groups is 1. The zero-order valence-electron chi connectivity index (χ0n) is 19.5. The lowest BCUT2D eigenvalue weighted by molar-refractivity contribution is 0.0931. The molecule has 0 aliphatic carbocycles. The van der Waals surface area contributed by atoms with Crippen molar-refractivity contribution >= 4 is 28.5 Å². The highest BCUT2D eigenvalue weighted by molar-refractivity contribution is 6.30. The predicted octanol–water partition coefficient (Wildman–Crippen LogP) is 3.41. The lowest BCUT2D eigenvalue weighted by Crippen LogP contribution is -2.38. The summed E-state index contributed by atoms with van der Waals surface area (Å²) in [5, 5.41) is 8.29. The highest BCUT2D eigenvalue weighted by Gasteiger charge is 2.24. The summed E-state index contributed by atoms with van der Waals surface area (Å²) in [6.45, 7) is 3.38. The first kappa shape index (κ1) is 23.3. The Morgan fingerprint density at radius 1 is 1.11 bits per heavy atom. The first-order valence-corrected chi connectivity index (χ1v) is 12.1. The quantitative estimate of drug-likeness (QED) is 0.447. The van der Waals surface area contributed by atoms with Crippen molar-refractivity contribution in [1.29, 1.82) is 0 Å². The number of piperidine rings is 1. The summed E-state index contributed by atoms with van der Waals surface area (Å²) in [6, 6.07) is 17.3. The molecule has 1 aliphatic rings. The topological polar surface area (TPSA) is 85.1 Å². The molecule has 0 saturated carbocycles. The molecule has 0 atom stereocenters. The van der Waals surface area contributed by atoms with E-state index in [1.54, 1.807) is 7.05 Å². The zero-order chi connectivity index (χ0) is 24.4. The Morgan fingerprint density at radius 3 is 2.63 bits per heavy atom. The number of halogens is 1. The number of hydrogen-bond donors (Lipinski definition) is 1. The smallest absolute Gasteiger partial charge is 0.279 e. The van der Waals surface area contributed by atoms with E-state index in [2.05, 4.69) is 26.4 Å². The van der Waals surface area contributed by atoms with E-state index >= 15 is 0 Å². The van der Waals surface area contributed by atoms with Crippen LogP contribution in [0.3, 0.4) is 0 Å². The van der Waals surface area contributed by atoms with Gasteiger partial charge in [-0.25, -0.2) is 9.67 Å². The molecule has 1 amide bonds. The minimum atomic E-state index is -0.313. The average molecular weight is 491 g/mol. The molecule has 1 fully saturated rings. The van der Waals surface area contributed by atoms with E-state index in [0.29, 0.717) is 29.2 Å². The standard InChI is InChI=1S/C26H27ClN6O2/c1-31-17-29-22-23(30-33(24(22)26(31)35)21-8-3-2-4-9-21)25(34)28-15-18-10-12-32(13-11-18)16-19-6-5-7-20(27)14-19/h2-9,14,17-18H,10-13,15-16H2,1H3,(H,28,34). The fourth-order valence-corrected chi connectivity index (χ4v) is 4.77. The number of fused-ring (bicyclic) bond motifs is 1. The van der Waals surface area contributed by atoms with Crippen LogP contribution in [0.2, 0.25) is 5.02 Å². The number of likely N-dealkylation sites (tertiary alicyclic amines) is 1. The first-order valence-electron chi connectivity index (χ1n) is 11.7. The fraction of sp³-hybridized carbons (Fsp3) is 0.308. The van der Waals surface area contributed by atoms with Crippen LogP contribution in [-0.2, 0) is 13.6 Å². The highest BCUT2D eigenvalue weighted by atomic mass is 35.5. The van der Waals surface area contributed by atoms with Gasteiger partial charge in [-0.1, -0.05) is 41.9 Å². The van der Waals surface area contributed by atoms with E-state index in [0.717, 1.165) is 37.5 Å². The van der Waals surface area contributed by atoms with Gasteiger partial charge in [0.15, 0.2) is 11.2 Å². The van der Waals surface area contributed by atoms with Crippen LogP contribution in [0.1, 0.15) is 28.9 Å². The molecule has 8 nitrogen and oxygen atoms in total. The van der Waals surface area contributed by atoms with Crippen molar-refractivity contribution in [2.24, 2.45) is 13.0 Å². The second kappa shape index (κ2) is 10.0. The van der Waals surface area contributed by atoms with Crippen LogP contribution in [0.5, 0.6) is 0 Å². The maximum absolute atomic E-state index is 13.1. The van der Waals surface area contributed by atoms with Crippen molar-refractivity contribution in [3.8, 4) is 5.69 Å². The second-order valence-corrected chi connectivity index (χ2v) is 9.45. The molecule has 1 aliphatic heterocycles. The van der Waals surface area contributed by atoms with Crippen molar-refractivity contribution in [3.05, 3.63) is 87.6 Å². The molecule has 9 heteroatoms. The number of benzene rings is 2. The van der Waals surface area contributed by atoms with Crippen LogP contribution < -0.4 is 10.9 Å². The summed E-state index contributed by atoms with van der Waals surface area (Å²) in [6.07, 6.45) is 3.42. The number of nitrogens with one attached hydrogen (secondary N) is 1. The van der Waals surface area contributed by atoms with Crippen molar-refractivity contribution in [1.82, 2.24) is 29.5 Å². The van der Waals surface area contributed by atoms with Crippen molar-refractivity contribution in [3.63, 3.8) is 0 Å². The van der Waals surface area contributed by atoms with Gasteiger partial charge < -0.3 is 9.88 Å². The third-order valence-corrected chi connectivity index (χ3v) is 6.75. The van der Waals surface area contributed by atoms with Gasteiger partial charge in [-0.2, -0.15) is 5.10 Å². The van der Waals surface area contributed by atoms with Gasteiger partial charge in [0.05, 0.1) is 12.0 Å². The van der Waals surface area contributed by atoms with Gasteiger partial charge >= 0.3 is 0 Å². The number of amides is 1. The highest BCUT2D eigenvalue weighted by Crippen LogP contribution is 2.21. The number of hydrogen-bond acceptors (Lipinski definition) is 5. The molecule has 35 heavy (non-hydrogen) atoms. The lowest BCUT2D eigenvalue weighted by Gasteiger charge is -2.32. The van der Waals surface area contributed by atoms with Gasteiger partial charge in [0.25, 0.3) is 11.5 Å². The van der Waals surface area contributed by atoms with Gasteiger partial charge in [0.1, 0.15) is 5.52 Å². The van der Waals surface area contributed by atoms with E-state index in [1.807, 2.05) is 48.5 Å². The van der Waals surface area contributed by atoms with Gasteiger partial charge in [-0.15, -0.1) is 0 Å². The molecular formula is C26H27ClN6O2. The summed E-state index contributed by atoms with van der Waals surface area (Å²) in [7, 11) is 1.63. The summed E-state index contributed by atoms with van der Waals surface area (Å²) in [4.78, 5) is 32.8. The molecule has 1 N–H and O–H groups in total. The summed E-state index contributed by atoms with van der Waals surface area (Å²) < 4.78 is 2.90. The SMILES string of the molecule is Cn1cnc2c(C(=O)NCC3CCN(Cc4cccc(Cl)c4)CC3)nn(-c3ccccc3)c2c1=O. The van der Waals surface area contributed by atoms with Crippen LogP contribution in [-0.4, -0.2) is 49.8 Å². The minimum absolute atomic E-state index is 0.167. The van der Waals surface area contributed by atoms with E-state index in [9.17, 15) is 9.59 Å². The molecule has 4 aromatic rings. The Kier molecular flexibility index (Phi) is 6.66. The number of carbonyl (C=O) groups excluding carboxylic acids is 1. The molecule has 0 bridgehead atoms. The molecule has 2 aromatic carbocycles. The van der Waals surface area contributed by atoms with Crippen molar-refractivity contribution in [2.45, 2.75) is 19.4 Å². The lowest BCUT2D eigenvalue weighted by atomic mass is 9.96. The molecule has 0 unspecified atom stereocenters. The number of nitrogens with zero attached hydrogens (tertiary/aromatic N) is 5. The van der Waals surface area contributed by atoms with E-state index in [1.165, 1.54) is 21.1 Å². The molecule has 3 heterocycles. The first-order chi connectivity index (χ1) is 17.0. The monoisotopic (exact) mass is 490 g/mol. The van der Waals surface area contributed by atoms with Gasteiger partial charge in [0, 0.05) is 25.2 Å². The average Bonchev–Trinajstić information content (AvgIpc) is 3.27. The molecule has 0 radical (unpaired) electrons. The fourth-order valence-electron chi connectivity index (χ4n) is 4.56. The van der Waals surface area contributed by atoms with Crippen LogP contribution in [0.25, 0.3) is 16.7 Å². The molecule has 180 valence electrons. The van der Waals surface area contributed by atoms with Crippen molar-refractivity contribution in [2.75, 3.05) is 19.6 Å². The Labute approximate surface area is 208 Å². The third kappa shape index (κ3) is 4.99. The van der Waals surface area contributed by atoms with Gasteiger partial charge in [-0.3, -0.25) is 14.5 Å². The summed E-state index contributed by atoms with van der Waals surface area (Å²) >= 11 is 6.11. The number of aromatic nitrogens is 4.